The summed E-state index contributed by atoms with van der Waals surface area (Å²) in [4.78, 5) is 191. The minimum Gasteiger partial charge on any atom is -0.508 e. The highest BCUT2D eigenvalue weighted by Gasteiger charge is 2.38. The van der Waals surface area contributed by atoms with Gasteiger partial charge in [0.05, 0.1) is 6.04 Å². The summed E-state index contributed by atoms with van der Waals surface area (Å²) in [6.07, 6.45) is -3.14. The molecule has 0 aliphatic rings. The topological polar surface area (TPSA) is 1180 Å². The molecule has 1 rings (SSSR count). The second kappa shape index (κ2) is 71.7. The molecule has 0 aliphatic carbocycles. The zero-order valence-electron chi connectivity index (χ0n) is 81.3. The molecule has 0 aromatic heterocycles. The van der Waals surface area contributed by atoms with Crippen LogP contribution in [0.2, 0.25) is 0 Å². The van der Waals surface area contributed by atoms with Crippen molar-refractivity contribution in [3.8, 4) is 5.75 Å². The van der Waals surface area contributed by atoms with Crippen LogP contribution in [0.25, 0.3) is 0 Å². The first kappa shape index (κ1) is 126. The first-order chi connectivity index (χ1) is 68.5. The fraction of sp³-hybridized carbons (Fsp3) is 0.617. The summed E-state index contributed by atoms with van der Waals surface area (Å²) >= 11 is 0. The number of carbonyl (C=O) groups is 13. The molecule has 0 saturated heterocycles. The fourth-order valence-corrected chi connectivity index (χ4v) is 13.8. The van der Waals surface area contributed by atoms with Crippen LogP contribution in [0.15, 0.2) is 24.3 Å². The molecule has 0 radical (unpaired) electrons. The van der Waals surface area contributed by atoms with Crippen LogP contribution < -0.4 is 208 Å². The Morgan fingerprint density at radius 1 is 0.200 bits per heavy atom. The number of hydrogen-bond donors (Lipinski definition) is 51. The third-order valence-corrected chi connectivity index (χ3v) is 21.2. The lowest BCUT2D eigenvalue weighted by Crippen LogP contribution is -2.61. The molecular formula is C81H156N50O14. The summed E-state index contributed by atoms with van der Waals surface area (Å²) in [5.41, 5.74) is 79.4. The van der Waals surface area contributed by atoms with E-state index in [2.05, 4.69) is 128 Å². The van der Waals surface area contributed by atoms with Gasteiger partial charge in [0.2, 0.25) is 76.8 Å². The number of benzene rings is 1. The van der Waals surface area contributed by atoms with Gasteiger partial charge in [-0.3, -0.25) is 127 Å². The number of phenolic OH excluding ortho intramolecular Hbond substituents is 1. The van der Waals surface area contributed by atoms with Crippen LogP contribution in [-0.4, -0.2) is 310 Å². The van der Waals surface area contributed by atoms with Crippen LogP contribution >= 0.6 is 0 Å². The van der Waals surface area contributed by atoms with Gasteiger partial charge in [-0.15, -0.1) is 0 Å². The first-order valence-electron chi connectivity index (χ1n) is 46.9. The van der Waals surface area contributed by atoms with E-state index in [0.29, 0.717) is 5.56 Å². The van der Waals surface area contributed by atoms with Crippen LogP contribution in [0.1, 0.15) is 160 Å². The zero-order chi connectivity index (χ0) is 109. The van der Waals surface area contributed by atoms with Crippen molar-refractivity contribution in [2.45, 2.75) is 239 Å². The average Bonchev–Trinajstić information content (AvgIpc) is 0.849. The largest absolute Gasteiger partial charge is 0.508 e. The van der Waals surface area contributed by atoms with Gasteiger partial charge >= 0.3 is 0 Å². The van der Waals surface area contributed by atoms with E-state index in [-0.39, 0.29) is 251 Å². The van der Waals surface area contributed by atoms with Crippen LogP contribution in [-0.2, 0) is 68.7 Å². The second-order valence-electron chi connectivity index (χ2n) is 33.4. The van der Waals surface area contributed by atoms with E-state index in [9.17, 15) is 38.7 Å². The summed E-state index contributed by atoms with van der Waals surface area (Å²) in [6, 6.07) is -14.6. The van der Waals surface area contributed by atoms with E-state index in [1.54, 1.807) is 0 Å². The summed E-state index contributed by atoms with van der Waals surface area (Å²) in [5, 5.41) is 165. The lowest BCUT2D eigenvalue weighted by Gasteiger charge is -2.29. The SMILES string of the molecule is N=C(N)NCCC[C@H](NC(=O)[C@H](CCCNC(=N)N)NC(=O)[C@H](CCCNC(=N)N)NC(=O)[C@H](CCCNC(=N)N)NC(=O)[C@H](CCCNC(=N)N)NC(=O)[C@H](CCCNC(=N)N)NC(=O)[C@H](CCCNC(=N)N)NC(=O)[C@H](CCCNC(=N)N)NC(=O)[C@H](CCCNC(=N)N)NC(=O)[C@H](CCCNC(=N)N)NC(=O)[C@H](CCCNC(=N)N)NC(=O)[C@H](CCCNC(=N)N)NC(=O)[C@@H](N)Cc1ccc(O)cc1)C(N)=O. The number of aromatic hydroxyl groups is 1. The van der Waals surface area contributed by atoms with Crippen molar-refractivity contribution in [2.24, 2.45) is 80.3 Å². The minimum absolute atomic E-state index is 0.00195. The molecular weight excluding hydrogens is 1900 g/mol. The predicted octanol–water partition coefficient (Wildman–Crippen LogP) is -15.3. The van der Waals surface area contributed by atoms with E-state index in [4.69, 9.17) is 145 Å². The number of nitrogens with one attached hydrogen (secondary N) is 36. The maximum Gasteiger partial charge on any atom is 0.243 e. The first-order valence-corrected chi connectivity index (χ1v) is 46.9. The van der Waals surface area contributed by atoms with Crippen molar-refractivity contribution in [3.63, 3.8) is 0 Å². The number of primary amides is 1. The number of nitrogens with two attached hydrogens (primary N) is 14. The average molecular weight is 2050 g/mol. The smallest absolute Gasteiger partial charge is 0.243 e. The van der Waals surface area contributed by atoms with Gasteiger partial charge < -0.3 is 213 Å². The zero-order valence-corrected chi connectivity index (χ0v) is 81.3. The molecule has 1 aromatic rings. The Morgan fingerprint density at radius 2 is 0.317 bits per heavy atom. The van der Waals surface area contributed by atoms with Gasteiger partial charge in [0, 0.05) is 78.5 Å². The number of rotatable bonds is 75. The fourth-order valence-electron chi connectivity index (χ4n) is 13.8. The van der Waals surface area contributed by atoms with Gasteiger partial charge in [-0.25, -0.2) is 0 Å². The van der Waals surface area contributed by atoms with E-state index in [1.165, 1.54) is 24.3 Å². The third kappa shape index (κ3) is 60.8. The van der Waals surface area contributed by atoms with E-state index < -0.39 is 221 Å². The Bertz CT molecular complexity index is 4360. The van der Waals surface area contributed by atoms with Crippen LogP contribution in [0.4, 0.5) is 0 Å². The van der Waals surface area contributed by atoms with Crippen molar-refractivity contribution in [3.05, 3.63) is 29.8 Å². The van der Waals surface area contributed by atoms with Gasteiger partial charge in [0.25, 0.3) is 0 Å². The van der Waals surface area contributed by atoms with Crippen LogP contribution in [0.3, 0.4) is 0 Å². The number of amides is 13. The lowest BCUT2D eigenvalue weighted by molar-refractivity contribution is -0.136. The van der Waals surface area contributed by atoms with E-state index in [0.717, 1.165) is 0 Å². The van der Waals surface area contributed by atoms with Crippen molar-refractivity contribution in [1.29, 1.82) is 64.9 Å². The molecule has 13 amide bonds. The molecule has 0 fully saturated rings. The lowest BCUT2D eigenvalue weighted by atomic mass is 10.0. The highest BCUT2D eigenvalue weighted by molar-refractivity contribution is 6.00. The van der Waals surface area contributed by atoms with Crippen LogP contribution in [0, 0.1) is 64.9 Å². The molecule has 0 aliphatic heterocycles. The molecule has 145 heavy (non-hydrogen) atoms. The third-order valence-electron chi connectivity index (χ3n) is 21.2. The Hall–Kier alpha value is -16.7. The molecule has 65 N–H and O–H groups in total. The molecule has 64 heteroatoms. The molecule has 1 aromatic carbocycles. The summed E-state index contributed by atoms with van der Waals surface area (Å²) < 4.78 is 0. The predicted molar refractivity (Wildman–Crippen MR) is 542 cm³/mol. The van der Waals surface area contributed by atoms with Gasteiger partial charge in [-0.05, 0) is 178 Å². The molecule has 0 spiro atoms. The Labute approximate surface area is 838 Å². The highest BCUT2D eigenvalue weighted by atomic mass is 16.3. The van der Waals surface area contributed by atoms with Gasteiger partial charge in [0.15, 0.2) is 71.5 Å². The van der Waals surface area contributed by atoms with E-state index in [1.807, 2.05) is 0 Å². The number of carbonyl (C=O) groups excluding carboxylic acids is 13. The maximum atomic E-state index is 15.3. The van der Waals surface area contributed by atoms with Gasteiger partial charge in [-0.1, -0.05) is 12.1 Å². The molecule has 64 nitrogen and oxygen atoms in total. The molecule has 13 atom stereocenters. The molecule has 0 saturated carbocycles. The van der Waals surface area contributed by atoms with Gasteiger partial charge in [0.1, 0.15) is 78.3 Å². The maximum absolute atomic E-state index is 15.3. The second-order valence-corrected chi connectivity index (χ2v) is 33.4. The molecule has 814 valence electrons. The molecule has 0 bridgehead atoms. The summed E-state index contributed by atoms with van der Waals surface area (Å²) in [5.74, 6) is -18.7. The van der Waals surface area contributed by atoms with Crippen molar-refractivity contribution in [2.75, 3.05) is 78.5 Å². The van der Waals surface area contributed by atoms with Gasteiger partial charge in [-0.2, -0.15) is 0 Å². The normalized spacial score (nSPS) is 13.4. The highest BCUT2D eigenvalue weighted by Crippen LogP contribution is 2.16. The summed E-state index contributed by atoms with van der Waals surface area (Å²) in [6.45, 7) is -0.566. The Kier molecular flexibility index (Phi) is 62.5. The summed E-state index contributed by atoms with van der Waals surface area (Å²) in [7, 11) is 0. The Balaban J connectivity index is 4.31. The molecule has 0 heterocycles. The Morgan fingerprint density at radius 3 is 0.441 bits per heavy atom. The number of hydrogen-bond acceptors (Lipinski definition) is 27. The standard InChI is InChI=1S/C81H156N50O14/c82-44(41-42-25-27-43(132)28-26-42)58(134)121-46(14-2-30-109-71(86)87)60(136)123-48(16-4-32-111-73(90)91)62(138)125-50(18-6-34-113-75(94)95)64(140)127-52(20-8-36-115-77(98)99)66(142)129-54(22-10-38-117-79(102)103)68(144)131-56(24-12-40-119-81(106)107)69(145)130-55(23-11-39-118-80(104)105)67(143)128-53(21-9-37-116-78(100)101)65(141)126-51(19-7-35-114-76(96)97)63(139)124-49(17-5-33-112-74(92)93)61(137)122-47(15-3-31-110-72(88)89)59(135)120-45(57(83)133)13-1-29-108-70(84)85/h25-28,44-56,132H,1-24,29-41,82H2,(H2,83,133)(H,120,135)(H,121,134)(H,122,137)(H,123,136)(H,124,139)(H,125,138)(H,126,141)(H,127,140)(H,128,143)(H,129,142)(H,130,145)(H,131,144)(H4,84,85,108)(H4,86,87,109)(H4,88,89,110)(H4,90,91,111)(H4,92,93,112)(H4,94,95,113)(H4,96,97,114)(H4,98,99,115)(H4,100,101,116)(H4,102,103,117)(H4,104,105,118)(H4,106,107,119)/t44-,45-,46-,47-,48-,49-,50-,51-,52-,53-,54-,55-,56-/m0/s1. The van der Waals surface area contributed by atoms with Crippen molar-refractivity contribution >= 4 is 148 Å². The van der Waals surface area contributed by atoms with Crippen LogP contribution in [0.5, 0.6) is 5.75 Å². The van der Waals surface area contributed by atoms with E-state index >= 15 is 28.8 Å². The van der Waals surface area contributed by atoms with Crippen molar-refractivity contribution < 1.29 is 67.4 Å². The monoisotopic (exact) mass is 2050 g/mol. The molecule has 0 unspecified atom stereocenters. The number of phenols is 1. The van der Waals surface area contributed by atoms with Crippen molar-refractivity contribution in [1.82, 2.24) is 128 Å². The minimum atomic E-state index is -1.72. The number of guanidine groups is 12. The quantitative estimate of drug-likeness (QED) is 0.0164.